The van der Waals surface area contributed by atoms with E-state index >= 15 is 0 Å². The Morgan fingerprint density at radius 1 is 1.13 bits per heavy atom. The van der Waals surface area contributed by atoms with Gasteiger partial charge in [0.1, 0.15) is 0 Å². The van der Waals surface area contributed by atoms with Crippen LogP contribution in [0.25, 0.3) is 5.69 Å². The van der Waals surface area contributed by atoms with E-state index in [4.69, 9.17) is 0 Å². The van der Waals surface area contributed by atoms with E-state index in [2.05, 4.69) is 21.0 Å². The molecule has 0 aliphatic rings. The Hall–Kier alpha value is -2.40. The molecule has 0 saturated carbocycles. The van der Waals surface area contributed by atoms with E-state index in [1.165, 1.54) is 0 Å². The van der Waals surface area contributed by atoms with Crippen molar-refractivity contribution in [2.75, 3.05) is 7.05 Å². The van der Waals surface area contributed by atoms with Gasteiger partial charge in [0, 0.05) is 36.0 Å². The molecule has 0 atom stereocenters. The zero-order valence-electron chi connectivity index (χ0n) is 12.7. The standard InChI is InChI=1S/C18H16BrN3O/c1-21(13-14-3-7-16(19)8-4-14)18(23)15-5-9-17(10-6-15)22-12-2-11-20-22/h2-12H,13H2,1H3. The molecule has 0 spiro atoms. The van der Waals surface area contributed by atoms with Crippen LogP contribution in [0.1, 0.15) is 15.9 Å². The quantitative estimate of drug-likeness (QED) is 0.699. The zero-order chi connectivity index (χ0) is 16.2. The van der Waals surface area contributed by atoms with Crippen LogP contribution in [0.3, 0.4) is 0 Å². The molecule has 4 nitrogen and oxygen atoms in total. The van der Waals surface area contributed by atoms with E-state index in [9.17, 15) is 4.79 Å². The van der Waals surface area contributed by atoms with Gasteiger partial charge in [-0.1, -0.05) is 28.1 Å². The maximum atomic E-state index is 12.5. The van der Waals surface area contributed by atoms with Gasteiger partial charge >= 0.3 is 0 Å². The first kappa shape index (κ1) is 15.5. The molecule has 0 aliphatic heterocycles. The normalized spacial score (nSPS) is 10.5. The van der Waals surface area contributed by atoms with Crippen LogP contribution in [0.2, 0.25) is 0 Å². The summed E-state index contributed by atoms with van der Waals surface area (Å²) < 4.78 is 2.80. The third-order valence-corrected chi connectivity index (χ3v) is 4.09. The van der Waals surface area contributed by atoms with E-state index in [1.807, 2.05) is 67.8 Å². The number of amides is 1. The fourth-order valence-electron chi connectivity index (χ4n) is 2.33. The number of benzene rings is 2. The number of nitrogens with zero attached hydrogens (tertiary/aromatic N) is 3. The van der Waals surface area contributed by atoms with Crippen LogP contribution < -0.4 is 0 Å². The summed E-state index contributed by atoms with van der Waals surface area (Å²) in [6, 6.07) is 17.3. The van der Waals surface area contributed by atoms with Crippen molar-refractivity contribution in [3.8, 4) is 5.69 Å². The second-order valence-corrected chi connectivity index (χ2v) is 6.20. The van der Waals surface area contributed by atoms with Gasteiger partial charge in [0.2, 0.25) is 0 Å². The van der Waals surface area contributed by atoms with Crippen molar-refractivity contribution < 1.29 is 4.79 Å². The van der Waals surface area contributed by atoms with Gasteiger partial charge in [0.25, 0.3) is 5.91 Å². The number of aromatic nitrogens is 2. The lowest BCUT2D eigenvalue weighted by Crippen LogP contribution is -2.26. The van der Waals surface area contributed by atoms with Crippen molar-refractivity contribution in [2.45, 2.75) is 6.54 Å². The Bertz CT molecular complexity index is 780. The minimum absolute atomic E-state index is 0.0000611. The topological polar surface area (TPSA) is 38.1 Å². The Morgan fingerprint density at radius 3 is 2.43 bits per heavy atom. The molecule has 23 heavy (non-hydrogen) atoms. The minimum Gasteiger partial charge on any atom is -0.337 e. The molecule has 1 aromatic heterocycles. The van der Waals surface area contributed by atoms with Crippen LogP contribution in [0.15, 0.2) is 71.5 Å². The Kier molecular flexibility index (Phi) is 4.57. The summed E-state index contributed by atoms with van der Waals surface area (Å²) in [5.74, 6) is -0.0000611. The van der Waals surface area contributed by atoms with Crippen molar-refractivity contribution in [3.63, 3.8) is 0 Å². The first-order chi connectivity index (χ1) is 11.1. The van der Waals surface area contributed by atoms with Gasteiger partial charge in [-0.25, -0.2) is 4.68 Å². The van der Waals surface area contributed by atoms with Gasteiger partial charge in [-0.3, -0.25) is 4.79 Å². The second-order valence-electron chi connectivity index (χ2n) is 5.29. The Balaban J connectivity index is 1.70. The molecule has 0 N–H and O–H groups in total. The Labute approximate surface area is 143 Å². The highest BCUT2D eigenvalue weighted by Gasteiger charge is 2.12. The van der Waals surface area contributed by atoms with Gasteiger partial charge in [0.15, 0.2) is 0 Å². The maximum absolute atomic E-state index is 12.5. The summed E-state index contributed by atoms with van der Waals surface area (Å²) in [5, 5.41) is 4.18. The number of halogens is 1. The first-order valence-corrected chi connectivity index (χ1v) is 8.03. The number of rotatable bonds is 4. The zero-order valence-corrected chi connectivity index (χ0v) is 14.3. The molecular weight excluding hydrogens is 354 g/mol. The van der Waals surface area contributed by atoms with Crippen LogP contribution in [0.5, 0.6) is 0 Å². The van der Waals surface area contributed by atoms with E-state index in [1.54, 1.807) is 15.8 Å². The highest BCUT2D eigenvalue weighted by Crippen LogP contribution is 2.14. The first-order valence-electron chi connectivity index (χ1n) is 7.23. The fraction of sp³-hybridized carbons (Fsp3) is 0.111. The summed E-state index contributed by atoms with van der Waals surface area (Å²) in [5.41, 5.74) is 2.69. The second kappa shape index (κ2) is 6.79. The van der Waals surface area contributed by atoms with Crippen LogP contribution >= 0.6 is 15.9 Å². The predicted octanol–water partition coefficient (Wildman–Crippen LogP) is 3.91. The SMILES string of the molecule is CN(Cc1ccc(Br)cc1)C(=O)c1ccc(-n2cccn2)cc1. The fourth-order valence-corrected chi connectivity index (χ4v) is 2.60. The molecule has 5 heteroatoms. The molecule has 0 fully saturated rings. The molecule has 2 aromatic carbocycles. The summed E-state index contributed by atoms with van der Waals surface area (Å²) in [6.07, 6.45) is 3.60. The van der Waals surface area contributed by atoms with Crippen molar-refractivity contribution in [2.24, 2.45) is 0 Å². The number of carbonyl (C=O) groups is 1. The predicted molar refractivity (Wildman–Crippen MR) is 93.5 cm³/mol. The molecule has 0 unspecified atom stereocenters. The van der Waals surface area contributed by atoms with Crippen molar-refractivity contribution in [1.82, 2.24) is 14.7 Å². The summed E-state index contributed by atoms with van der Waals surface area (Å²) in [6.45, 7) is 0.576. The van der Waals surface area contributed by atoms with E-state index in [0.717, 1.165) is 15.7 Å². The van der Waals surface area contributed by atoms with Crippen molar-refractivity contribution >= 4 is 21.8 Å². The summed E-state index contributed by atoms with van der Waals surface area (Å²) in [4.78, 5) is 14.2. The third kappa shape index (κ3) is 3.68. The molecule has 3 rings (SSSR count). The number of carbonyl (C=O) groups excluding carboxylic acids is 1. The van der Waals surface area contributed by atoms with E-state index < -0.39 is 0 Å². The molecule has 116 valence electrons. The lowest BCUT2D eigenvalue weighted by atomic mass is 10.1. The molecule has 0 aliphatic carbocycles. The molecule has 0 bridgehead atoms. The molecule has 1 amide bonds. The van der Waals surface area contributed by atoms with Gasteiger partial charge in [-0.15, -0.1) is 0 Å². The maximum Gasteiger partial charge on any atom is 0.253 e. The van der Waals surface area contributed by atoms with Crippen LogP contribution in [0.4, 0.5) is 0 Å². The third-order valence-electron chi connectivity index (χ3n) is 3.56. The van der Waals surface area contributed by atoms with Crippen LogP contribution in [-0.4, -0.2) is 27.6 Å². The van der Waals surface area contributed by atoms with Gasteiger partial charge < -0.3 is 4.90 Å². The van der Waals surface area contributed by atoms with Crippen LogP contribution in [0, 0.1) is 0 Å². The van der Waals surface area contributed by atoms with E-state index in [-0.39, 0.29) is 5.91 Å². The number of hydrogen-bond acceptors (Lipinski definition) is 2. The largest absolute Gasteiger partial charge is 0.337 e. The van der Waals surface area contributed by atoms with Gasteiger partial charge in [-0.2, -0.15) is 5.10 Å². The van der Waals surface area contributed by atoms with E-state index in [0.29, 0.717) is 12.1 Å². The molecule has 0 saturated heterocycles. The average molecular weight is 370 g/mol. The average Bonchev–Trinajstić information content (AvgIpc) is 3.11. The smallest absolute Gasteiger partial charge is 0.253 e. The summed E-state index contributed by atoms with van der Waals surface area (Å²) >= 11 is 3.41. The lowest BCUT2D eigenvalue weighted by molar-refractivity contribution is 0.0785. The minimum atomic E-state index is -0.0000611. The highest BCUT2D eigenvalue weighted by atomic mass is 79.9. The van der Waals surface area contributed by atoms with Crippen LogP contribution in [-0.2, 0) is 6.54 Å². The highest BCUT2D eigenvalue weighted by molar-refractivity contribution is 9.10. The van der Waals surface area contributed by atoms with Crippen molar-refractivity contribution in [1.29, 1.82) is 0 Å². The molecular formula is C18H16BrN3O. The monoisotopic (exact) mass is 369 g/mol. The Morgan fingerprint density at radius 2 is 1.83 bits per heavy atom. The van der Waals surface area contributed by atoms with Gasteiger partial charge in [0.05, 0.1) is 5.69 Å². The molecule has 0 radical (unpaired) electrons. The number of hydrogen-bond donors (Lipinski definition) is 0. The lowest BCUT2D eigenvalue weighted by Gasteiger charge is -2.17. The van der Waals surface area contributed by atoms with Gasteiger partial charge in [-0.05, 0) is 48.0 Å². The molecule has 1 heterocycles. The summed E-state index contributed by atoms with van der Waals surface area (Å²) in [7, 11) is 1.81. The van der Waals surface area contributed by atoms with Crippen molar-refractivity contribution in [3.05, 3.63) is 82.6 Å². The molecule has 3 aromatic rings.